The fourth-order valence-electron chi connectivity index (χ4n) is 4.72. The third-order valence-corrected chi connectivity index (χ3v) is 7.93. The molecule has 3 aromatic carbocycles. The van der Waals surface area contributed by atoms with Crippen molar-refractivity contribution in [2.24, 2.45) is 0 Å². The number of rotatable bonds is 13. The summed E-state index contributed by atoms with van der Waals surface area (Å²) in [6, 6.07) is 23.7. The van der Waals surface area contributed by atoms with Gasteiger partial charge in [-0.2, -0.15) is 0 Å². The summed E-state index contributed by atoms with van der Waals surface area (Å²) in [5.74, 6) is -0.0373. The molecule has 1 atom stereocenters. The van der Waals surface area contributed by atoms with Crippen molar-refractivity contribution in [3.63, 3.8) is 0 Å². The SMILES string of the molecule is COc1ccccc1N(CCCC(=O)N(Cc1ccc(C)cc1)[C@H](Cc1ccccc1)C(=O)NC(C)(C)C)S(C)(=O)=O. The van der Waals surface area contributed by atoms with Crippen LogP contribution in [0.2, 0.25) is 0 Å². The third kappa shape index (κ3) is 9.62. The zero-order chi connectivity index (χ0) is 30.9. The minimum absolute atomic E-state index is 0.0567. The van der Waals surface area contributed by atoms with E-state index in [2.05, 4.69) is 5.32 Å². The number of aryl methyl sites for hydroxylation is 1. The Morgan fingerprint density at radius 1 is 0.905 bits per heavy atom. The molecule has 3 rings (SSSR count). The highest BCUT2D eigenvalue weighted by molar-refractivity contribution is 7.92. The Morgan fingerprint density at radius 3 is 2.12 bits per heavy atom. The lowest BCUT2D eigenvalue weighted by Gasteiger charge is -2.34. The first-order chi connectivity index (χ1) is 19.8. The van der Waals surface area contributed by atoms with Crippen molar-refractivity contribution in [3.8, 4) is 5.75 Å². The molecular formula is C33H43N3O5S. The second-order valence-electron chi connectivity index (χ2n) is 11.6. The topological polar surface area (TPSA) is 96.0 Å². The van der Waals surface area contributed by atoms with Crippen molar-refractivity contribution >= 4 is 27.5 Å². The molecular weight excluding hydrogens is 550 g/mol. The van der Waals surface area contributed by atoms with Gasteiger partial charge in [-0.05, 0) is 57.4 Å². The molecule has 0 radical (unpaired) electrons. The highest BCUT2D eigenvalue weighted by Crippen LogP contribution is 2.30. The molecule has 0 bridgehead atoms. The molecule has 0 saturated carbocycles. The van der Waals surface area contributed by atoms with Gasteiger partial charge in [0.05, 0.1) is 19.1 Å². The summed E-state index contributed by atoms with van der Waals surface area (Å²) in [6.45, 7) is 8.06. The zero-order valence-electron chi connectivity index (χ0n) is 25.5. The molecule has 3 aromatic rings. The van der Waals surface area contributed by atoms with Crippen LogP contribution in [0.5, 0.6) is 5.75 Å². The average molecular weight is 594 g/mol. The number of hydrogen-bond acceptors (Lipinski definition) is 5. The highest BCUT2D eigenvalue weighted by Gasteiger charge is 2.32. The second-order valence-corrected chi connectivity index (χ2v) is 13.5. The molecule has 0 aliphatic carbocycles. The van der Waals surface area contributed by atoms with E-state index in [1.807, 2.05) is 82.3 Å². The smallest absolute Gasteiger partial charge is 0.243 e. The molecule has 0 saturated heterocycles. The second kappa shape index (κ2) is 14.4. The maximum Gasteiger partial charge on any atom is 0.243 e. The van der Waals surface area contributed by atoms with Crippen LogP contribution in [0.15, 0.2) is 78.9 Å². The number of nitrogens with zero attached hydrogens (tertiary/aromatic N) is 2. The molecule has 0 fully saturated rings. The van der Waals surface area contributed by atoms with E-state index in [0.717, 1.165) is 22.9 Å². The van der Waals surface area contributed by atoms with E-state index >= 15 is 0 Å². The number of carbonyl (C=O) groups is 2. The Balaban J connectivity index is 1.91. The minimum Gasteiger partial charge on any atom is -0.495 e. The van der Waals surface area contributed by atoms with Gasteiger partial charge in [-0.15, -0.1) is 0 Å². The van der Waals surface area contributed by atoms with Crippen LogP contribution in [0.3, 0.4) is 0 Å². The van der Waals surface area contributed by atoms with Crippen molar-refractivity contribution in [1.29, 1.82) is 0 Å². The van der Waals surface area contributed by atoms with Gasteiger partial charge in [-0.1, -0.05) is 72.3 Å². The molecule has 8 nitrogen and oxygen atoms in total. The number of benzene rings is 3. The van der Waals surface area contributed by atoms with Gasteiger partial charge in [0.2, 0.25) is 21.8 Å². The average Bonchev–Trinajstić information content (AvgIpc) is 2.93. The number of carbonyl (C=O) groups excluding carboxylic acids is 2. The first kappa shape index (κ1) is 32.7. The maximum atomic E-state index is 14.0. The molecule has 0 unspecified atom stereocenters. The van der Waals surface area contributed by atoms with Crippen LogP contribution in [0.4, 0.5) is 5.69 Å². The Labute approximate surface area is 250 Å². The van der Waals surface area contributed by atoms with Crippen LogP contribution in [0, 0.1) is 6.92 Å². The summed E-state index contributed by atoms with van der Waals surface area (Å²) in [6.07, 6.45) is 1.79. The van der Waals surface area contributed by atoms with Gasteiger partial charge < -0.3 is 15.0 Å². The van der Waals surface area contributed by atoms with E-state index in [4.69, 9.17) is 4.74 Å². The van der Waals surface area contributed by atoms with Gasteiger partial charge in [-0.25, -0.2) is 8.42 Å². The normalized spacial score (nSPS) is 12.3. The van der Waals surface area contributed by atoms with Crippen LogP contribution < -0.4 is 14.4 Å². The molecule has 9 heteroatoms. The Kier molecular flexibility index (Phi) is 11.2. The molecule has 0 spiro atoms. The lowest BCUT2D eigenvalue weighted by atomic mass is 10.00. The summed E-state index contributed by atoms with van der Waals surface area (Å²) >= 11 is 0. The fourth-order valence-corrected chi connectivity index (χ4v) is 5.68. The number of para-hydroxylation sites is 2. The van der Waals surface area contributed by atoms with Gasteiger partial charge in [0, 0.05) is 31.5 Å². The van der Waals surface area contributed by atoms with Crippen LogP contribution in [-0.4, -0.2) is 56.6 Å². The fraction of sp³-hybridized carbons (Fsp3) is 0.394. The van der Waals surface area contributed by atoms with E-state index in [9.17, 15) is 18.0 Å². The summed E-state index contributed by atoms with van der Waals surface area (Å²) in [4.78, 5) is 29.3. The molecule has 1 N–H and O–H groups in total. The van der Waals surface area contributed by atoms with E-state index in [1.54, 1.807) is 29.2 Å². The van der Waals surface area contributed by atoms with Gasteiger partial charge >= 0.3 is 0 Å². The minimum atomic E-state index is -3.65. The molecule has 0 aliphatic heterocycles. The number of anilines is 1. The lowest BCUT2D eigenvalue weighted by Crippen LogP contribution is -2.54. The standard InChI is InChI=1S/C33H43N3O5S/c1-25-18-20-27(21-19-25)24-35(29(32(38)34-33(2,3)4)23-26-13-8-7-9-14-26)31(37)17-12-22-36(42(6,39)40)28-15-10-11-16-30(28)41-5/h7-11,13-16,18-21,29H,12,17,22-24H2,1-6H3,(H,34,38)/t29-/m1/s1. The van der Waals surface area contributed by atoms with E-state index in [1.165, 1.54) is 11.4 Å². The largest absolute Gasteiger partial charge is 0.495 e. The van der Waals surface area contributed by atoms with Crippen LogP contribution in [0.1, 0.15) is 50.3 Å². The van der Waals surface area contributed by atoms with Gasteiger partial charge in [0.15, 0.2) is 0 Å². The summed E-state index contributed by atoms with van der Waals surface area (Å²) in [5, 5.41) is 3.06. The summed E-state index contributed by atoms with van der Waals surface area (Å²) < 4.78 is 32.1. The molecule has 2 amide bonds. The number of hydrogen-bond donors (Lipinski definition) is 1. The van der Waals surface area contributed by atoms with Crippen molar-refractivity contribution in [2.75, 3.05) is 24.2 Å². The Hall–Kier alpha value is -3.85. The highest BCUT2D eigenvalue weighted by atomic mass is 32.2. The molecule has 42 heavy (non-hydrogen) atoms. The number of sulfonamides is 1. The molecule has 226 valence electrons. The van der Waals surface area contributed by atoms with Crippen LogP contribution in [0.25, 0.3) is 0 Å². The maximum absolute atomic E-state index is 14.0. The lowest BCUT2D eigenvalue weighted by molar-refractivity contribution is -0.142. The van der Waals surface area contributed by atoms with Gasteiger partial charge in [-0.3, -0.25) is 13.9 Å². The van der Waals surface area contributed by atoms with Crippen molar-refractivity contribution in [2.45, 2.75) is 65.1 Å². The monoisotopic (exact) mass is 593 g/mol. The quantitative estimate of drug-likeness (QED) is 0.297. The van der Waals surface area contributed by atoms with Crippen molar-refractivity contribution in [3.05, 3.63) is 95.6 Å². The van der Waals surface area contributed by atoms with Crippen molar-refractivity contribution in [1.82, 2.24) is 10.2 Å². The third-order valence-electron chi connectivity index (χ3n) is 6.75. The van der Waals surface area contributed by atoms with Gasteiger partial charge in [0.1, 0.15) is 11.8 Å². The number of ether oxygens (including phenoxy) is 1. The Bertz CT molecular complexity index is 1430. The first-order valence-corrected chi connectivity index (χ1v) is 15.9. The molecule has 0 heterocycles. The van der Waals surface area contributed by atoms with E-state index < -0.39 is 21.6 Å². The molecule has 0 aliphatic rings. The van der Waals surface area contributed by atoms with Crippen LogP contribution in [-0.2, 0) is 32.6 Å². The molecule has 0 aromatic heterocycles. The van der Waals surface area contributed by atoms with E-state index in [0.29, 0.717) is 17.9 Å². The van der Waals surface area contributed by atoms with Crippen molar-refractivity contribution < 1.29 is 22.7 Å². The van der Waals surface area contributed by atoms with E-state index in [-0.39, 0.29) is 37.7 Å². The number of amides is 2. The predicted octanol–water partition coefficient (Wildman–Crippen LogP) is 5.10. The number of nitrogens with one attached hydrogen (secondary N) is 1. The summed E-state index contributed by atoms with van der Waals surface area (Å²) in [5.41, 5.74) is 2.86. The first-order valence-electron chi connectivity index (χ1n) is 14.1. The Morgan fingerprint density at radius 2 is 1.52 bits per heavy atom. The summed E-state index contributed by atoms with van der Waals surface area (Å²) in [7, 11) is -2.16. The van der Waals surface area contributed by atoms with Crippen LogP contribution >= 0.6 is 0 Å². The van der Waals surface area contributed by atoms with Gasteiger partial charge in [0.25, 0.3) is 0 Å². The predicted molar refractivity (Wildman–Crippen MR) is 168 cm³/mol. The number of methoxy groups -OCH3 is 1. The zero-order valence-corrected chi connectivity index (χ0v) is 26.3.